The molecule has 1 unspecified atom stereocenters. The summed E-state index contributed by atoms with van der Waals surface area (Å²) >= 11 is 0. The van der Waals surface area contributed by atoms with Crippen molar-refractivity contribution >= 4 is 17.5 Å². The van der Waals surface area contributed by atoms with Crippen LogP contribution in [0.25, 0.3) is 0 Å². The first-order valence-electron chi connectivity index (χ1n) is 6.53. The fourth-order valence-electron chi connectivity index (χ4n) is 2.19. The number of nitrogens with one attached hydrogen (secondary N) is 2. The zero-order valence-electron chi connectivity index (χ0n) is 11.6. The van der Waals surface area contributed by atoms with Crippen LogP contribution in [0.2, 0.25) is 0 Å². The molecule has 0 bridgehead atoms. The van der Waals surface area contributed by atoms with Gasteiger partial charge in [0.05, 0.1) is 24.6 Å². The number of H-pyrrole nitrogens is 1. The highest BCUT2D eigenvalue weighted by Gasteiger charge is 2.34. The van der Waals surface area contributed by atoms with E-state index in [4.69, 9.17) is 10.5 Å². The first kappa shape index (κ1) is 14.3. The van der Waals surface area contributed by atoms with Crippen LogP contribution in [-0.4, -0.2) is 59.8 Å². The van der Waals surface area contributed by atoms with E-state index >= 15 is 0 Å². The normalized spacial score (nSPS) is 18.9. The Labute approximate surface area is 116 Å². The Kier molecular flexibility index (Phi) is 4.23. The smallest absolute Gasteiger partial charge is 0.277 e. The number of aryl methyl sites for hydroxylation is 1. The minimum absolute atomic E-state index is 0.164. The molecule has 110 valence electrons. The number of nitrogens with zero attached hydrogens (tertiary/aromatic N) is 2. The Hall–Kier alpha value is -2.09. The van der Waals surface area contributed by atoms with Crippen molar-refractivity contribution in [2.24, 2.45) is 0 Å². The Balaban J connectivity index is 2.25. The van der Waals surface area contributed by atoms with Crippen LogP contribution < -0.4 is 11.1 Å². The molecule has 2 amide bonds. The number of aromatic amines is 1. The van der Waals surface area contributed by atoms with Gasteiger partial charge >= 0.3 is 0 Å². The van der Waals surface area contributed by atoms with Gasteiger partial charge in [-0.1, -0.05) is 6.92 Å². The third kappa shape index (κ3) is 2.46. The van der Waals surface area contributed by atoms with Crippen LogP contribution in [-0.2, 0) is 16.0 Å². The quantitative estimate of drug-likeness (QED) is 0.667. The number of hydrogen-bond donors (Lipinski definition) is 3. The summed E-state index contributed by atoms with van der Waals surface area (Å²) in [5, 5.41) is 9.24. The van der Waals surface area contributed by atoms with Gasteiger partial charge in [-0.3, -0.25) is 14.7 Å². The fraction of sp³-hybridized carbons (Fsp3) is 0.583. The number of anilines is 1. The summed E-state index contributed by atoms with van der Waals surface area (Å²) in [7, 11) is 1.53. The van der Waals surface area contributed by atoms with E-state index in [1.165, 1.54) is 11.9 Å². The lowest BCUT2D eigenvalue weighted by Crippen LogP contribution is -2.55. The van der Waals surface area contributed by atoms with Crippen molar-refractivity contribution in [3.63, 3.8) is 0 Å². The average Bonchev–Trinajstić information content (AvgIpc) is 2.86. The third-order valence-corrected chi connectivity index (χ3v) is 3.38. The number of amides is 2. The Morgan fingerprint density at radius 1 is 1.60 bits per heavy atom. The molecule has 8 nitrogen and oxygen atoms in total. The van der Waals surface area contributed by atoms with E-state index in [1.54, 1.807) is 0 Å². The molecule has 1 atom stereocenters. The summed E-state index contributed by atoms with van der Waals surface area (Å²) in [5.74, 6) is -0.613. The number of morpholine rings is 1. The maximum atomic E-state index is 12.5. The van der Waals surface area contributed by atoms with Crippen molar-refractivity contribution in [1.29, 1.82) is 0 Å². The Morgan fingerprint density at radius 2 is 2.35 bits per heavy atom. The summed E-state index contributed by atoms with van der Waals surface area (Å²) in [6.45, 7) is 2.82. The molecule has 1 aromatic heterocycles. The molecule has 0 radical (unpaired) electrons. The van der Waals surface area contributed by atoms with Gasteiger partial charge in [-0.25, -0.2) is 0 Å². The lowest BCUT2D eigenvalue weighted by atomic mass is 10.1. The van der Waals surface area contributed by atoms with Gasteiger partial charge in [0.2, 0.25) is 5.91 Å². The molecule has 2 heterocycles. The number of nitrogen functional groups attached to an aromatic ring is 1. The number of ether oxygens (including phenoxy) is 1. The molecule has 1 fully saturated rings. The van der Waals surface area contributed by atoms with Crippen molar-refractivity contribution in [2.45, 2.75) is 19.4 Å². The van der Waals surface area contributed by atoms with Crippen molar-refractivity contribution in [2.75, 3.05) is 32.5 Å². The monoisotopic (exact) mass is 281 g/mol. The van der Waals surface area contributed by atoms with Crippen LogP contribution in [0.4, 0.5) is 5.69 Å². The topological polar surface area (TPSA) is 113 Å². The molecule has 2 rings (SSSR count). The highest BCUT2D eigenvalue weighted by molar-refractivity contribution is 6.00. The second-order valence-electron chi connectivity index (χ2n) is 4.52. The predicted molar refractivity (Wildman–Crippen MR) is 72.1 cm³/mol. The molecule has 20 heavy (non-hydrogen) atoms. The average molecular weight is 281 g/mol. The van der Waals surface area contributed by atoms with Gasteiger partial charge in [-0.2, -0.15) is 5.10 Å². The molecule has 0 spiro atoms. The van der Waals surface area contributed by atoms with E-state index < -0.39 is 6.04 Å². The number of nitrogens with two attached hydrogens (primary N) is 1. The van der Waals surface area contributed by atoms with Crippen LogP contribution in [0.3, 0.4) is 0 Å². The molecule has 0 aliphatic carbocycles. The fourth-order valence-corrected chi connectivity index (χ4v) is 2.19. The maximum absolute atomic E-state index is 12.5. The molecule has 1 saturated heterocycles. The SMILES string of the molecule is CCc1[nH]nc(C(=O)N2CCOCC2C(=O)NC)c1N. The van der Waals surface area contributed by atoms with Gasteiger partial charge in [0, 0.05) is 13.6 Å². The van der Waals surface area contributed by atoms with Gasteiger partial charge in [0.15, 0.2) is 5.69 Å². The highest BCUT2D eigenvalue weighted by Crippen LogP contribution is 2.19. The van der Waals surface area contributed by atoms with Crippen molar-refractivity contribution in [1.82, 2.24) is 20.4 Å². The maximum Gasteiger partial charge on any atom is 0.277 e. The number of carbonyl (C=O) groups is 2. The zero-order chi connectivity index (χ0) is 14.7. The van der Waals surface area contributed by atoms with Gasteiger partial charge in [0.1, 0.15) is 6.04 Å². The number of hydrogen-bond acceptors (Lipinski definition) is 5. The number of likely N-dealkylation sites (N-methyl/N-ethyl adjacent to an activating group) is 1. The number of aromatic nitrogens is 2. The summed E-state index contributed by atoms with van der Waals surface area (Å²) in [4.78, 5) is 25.8. The van der Waals surface area contributed by atoms with Crippen molar-refractivity contribution in [3.8, 4) is 0 Å². The van der Waals surface area contributed by atoms with Crippen molar-refractivity contribution in [3.05, 3.63) is 11.4 Å². The summed E-state index contributed by atoms with van der Waals surface area (Å²) in [6, 6.07) is -0.651. The molecule has 0 saturated carbocycles. The first-order valence-corrected chi connectivity index (χ1v) is 6.53. The van der Waals surface area contributed by atoms with E-state index in [0.717, 1.165) is 5.69 Å². The van der Waals surface area contributed by atoms with Crippen LogP contribution in [0, 0.1) is 0 Å². The van der Waals surface area contributed by atoms with E-state index in [9.17, 15) is 9.59 Å². The first-order chi connectivity index (χ1) is 9.60. The largest absolute Gasteiger partial charge is 0.395 e. The van der Waals surface area contributed by atoms with E-state index in [2.05, 4.69) is 15.5 Å². The zero-order valence-corrected chi connectivity index (χ0v) is 11.6. The van der Waals surface area contributed by atoms with Crippen LogP contribution in [0.15, 0.2) is 0 Å². The van der Waals surface area contributed by atoms with Crippen LogP contribution >= 0.6 is 0 Å². The minimum Gasteiger partial charge on any atom is -0.395 e. The second kappa shape index (κ2) is 5.91. The molecule has 1 aliphatic rings. The predicted octanol–water partition coefficient (Wildman–Crippen LogP) is -0.859. The molecule has 0 aromatic carbocycles. The van der Waals surface area contributed by atoms with Gasteiger partial charge in [-0.15, -0.1) is 0 Å². The number of carbonyl (C=O) groups excluding carboxylic acids is 2. The molecular weight excluding hydrogens is 262 g/mol. The summed E-state index contributed by atoms with van der Waals surface area (Å²) < 4.78 is 5.26. The van der Waals surface area contributed by atoms with Gasteiger partial charge in [-0.05, 0) is 6.42 Å². The van der Waals surface area contributed by atoms with E-state index in [1.807, 2.05) is 6.92 Å². The van der Waals surface area contributed by atoms with E-state index in [0.29, 0.717) is 25.3 Å². The Bertz CT molecular complexity index is 513. The lowest BCUT2D eigenvalue weighted by Gasteiger charge is -2.33. The lowest BCUT2D eigenvalue weighted by molar-refractivity contribution is -0.130. The van der Waals surface area contributed by atoms with Crippen LogP contribution in [0.1, 0.15) is 23.1 Å². The minimum atomic E-state index is -0.651. The molecular formula is C12H19N5O3. The summed E-state index contributed by atoms with van der Waals surface area (Å²) in [5.41, 5.74) is 7.13. The Morgan fingerprint density at radius 3 is 2.95 bits per heavy atom. The van der Waals surface area contributed by atoms with Gasteiger partial charge in [0.25, 0.3) is 5.91 Å². The van der Waals surface area contributed by atoms with Crippen LogP contribution in [0.5, 0.6) is 0 Å². The summed E-state index contributed by atoms with van der Waals surface area (Å²) in [6.07, 6.45) is 0.661. The van der Waals surface area contributed by atoms with E-state index in [-0.39, 0.29) is 24.1 Å². The number of rotatable bonds is 3. The molecule has 1 aromatic rings. The van der Waals surface area contributed by atoms with Crippen molar-refractivity contribution < 1.29 is 14.3 Å². The molecule has 8 heteroatoms. The standard InChI is InChI=1S/C12H19N5O3/c1-3-7-9(13)10(16-15-7)12(19)17-4-5-20-6-8(17)11(18)14-2/h8H,3-6,13H2,1-2H3,(H,14,18)(H,15,16). The molecule has 1 aliphatic heterocycles. The van der Waals surface area contributed by atoms with Gasteiger partial charge < -0.3 is 20.7 Å². The highest BCUT2D eigenvalue weighted by atomic mass is 16.5. The second-order valence-corrected chi connectivity index (χ2v) is 4.52. The molecule has 4 N–H and O–H groups in total. The third-order valence-electron chi connectivity index (χ3n) is 3.38.